The van der Waals surface area contributed by atoms with Gasteiger partial charge in [0, 0.05) is 44.8 Å². The van der Waals surface area contributed by atoms with Gasteiger partial charge in [-0.3, -0.25) is 4.90 Å². The molecular weight excluding hydrogens is 419 g/mol. The van der Waals surface area contributed by atoms with Crippen molar-refractivity contribution >= 4 is 5.69 Å². The molecule has 0 atom stereocenters. The largest absolute Gasteiger partial charge is 0.491 e. The van der Waals surface area contributed by atoms with Crippen LogP contribution in [0.2, 0.25) is 0 Å². The molecule has 0 amide bonds. The number of hydrogen-bond donors (Lipinski definition) is 0. The van der Waals surface area contributed by atoms with Crippen LogP contribution in [-0.4, -0.2) is 59.0 Å². The van der Waals surface area contributed by atoms with Crippen LogP contribution in [0.1, 0.15) is 11.4 Å². The van der Waals surface area contributed by atoms with Crippen molar-refractivity contribution in [1.29, 1.82) is 0 Å². The maximum atomic E-state index is 13.0. The molecule has 0 radical (unpaired) electrons. The molecule has 168 valence electrons. The van der Waals surface area contributed by atoms with Gasteiger partial charge in [0.05, 0.1) is 17.7 Å². The summed E-state index contributed by atoms with van der Waals surface area (Å²) in [5, 5.41) is 8.85. The number of halogens is 3. The van der Waals surface area contributed by atoms with Gasteiger partial charge in [-0.05, 0) is 30.3 Å². The van der Waals surface area contributed by atoms with Crippen LogP contribution in [0.3, 0.4) is 0 Å². The Morgan fingerprint density at radius 1 is 0.906 bits per heavy atom. The lowest BCUT2D eigenvalue weighted by Crippen LogP contribution is -2.47. The number of anilines is 1. The minimum Gasteiger partial charge on any atom is -0.491 e. The number of fused-ring (bicyclic) bond motifs is 3. The Bertz CT molecular complexity index is 1090. The summed E-state index contributed by atoms with van der Waals surface area (Å²) in [7, 11) is 0. The van der Waals surface area contributed by atoms with E-state index in [1.165, 1.54) is 12.1 Å². The molecule has 3 heterocycles. The number of piperazine rings is 1. The normalized spacial score (nSPS) is 16.8. The average molecular weight is 443 g/mol. The third kappa shape index (κ3) is 4.17. The third-order valence-electron chi connectivity index (χ3n) is 6.09. The second-order valence-electron chi connectivity index (χ2n) is 8.06. The van der Waals surface area contributed by atoms with E-state index in [4.69, 9.17) is 4.74 Å². The van der Waals surface area contributed by atoms with E-state index >= 15 is 0 Å². The van der Waals surface area contributed by atoms with E-state index < -0.39 is 11.7 Å². The summed E-state index contributed by atoms with van der Waals surface area (Å²) in [6, 6.07) is 13.4. The molecule has 2 aliphatic rings. The number of para-hydroxylation sites is 1. The van der Waals surface area contributed by atoms with Crippen molar-refractivity contribution in [3.63, 3.8) is 0 Å². The maximum Gasteiger partial charge on any atom is 0.416 e. The van der Waals surface area contributed by atoms with Gasteiger partial charge in [-0.1, -0.05) is 18.2 Å². The molecule has 0 saturated carbocycles. The first-order valence-corrected chi connectivity index (χ1v) is 10.8. The number of ether oxygens (including phenoxy) is 1. The highest BCUT2D eigenvalue weighted by molar-refractivity contribution is 5.64. The molecular formula is C23H24F3N5O. The molecule has 2 aromatic carbocycles. The van der Waals surface area contributed by atoms with Gasteiger partial charge in [-0.25, -0.2) is 0 Å². The van der Waals surface area contributed by atoms with Gasteiger partial charge in [0.1, 0.15) is 18.2 Å². The number of benzene rings is 2. The van der Waals surface area contributed by atoms with Crippen molar-refractivity contribution in [3.8, 4) is 17.1 Å². The fourth-order valence-electron chi connectivity index (χ4n) is 4.35. The Balaban J connectivity index is 1.20. The Morgan fingerprint density at radius 2 is 1.72 bits per heavy atom. The second-order valence-corrected chi connectivity index (χ2v) is 8.06. The predicted octanol–water partition coefficient (Wildman–Crippen LogP) is 3.72. The fraction of sp³-hybridized carbons (Fsp3) is 0.391. The van der Waals surface area contributed by atoms with Crippen LogP contribution in [0, 0.1) is 0 Å². The molecule has 0 unspecified atom stereocenters. The van der Waals surface area contributed by atoms with E-state index in [2.05, 4.69) is 19.7 Å². The van der Waals surface area contributed by atoms with Crippen molar-refractivity contribution in [3.05, 3.63) is 59.9 Å². The third-order valence-corrected chi connectivity index (χ3v) is 6.09. The summed E-state index contributed by atoms with van der Waals surface area (Å²) in [5.41, 5.74) is 0.981. The highest BCUT2D eigenvalue weighted by Gasteiger charge is 2.31. The standard InChI is InChI=1S/C23H24F3N5O/c24-23(25,26)17-4-3-5-18(16-17)30-12-10-29(11-13-30)9-8-21-27-28-22-19-6-1-2-7-20(19)32-15-14-31(21)22/h1-7,16H,8-15H2. The number of aromatic nitrogens is 3. The van der Waals surface area contributed by atoms with Gasteiger partial charge in [0.15, 0.2) is 5.82 Å². The van der Waals surface area contributed by atoms with Gasteiger partial charge < -0.3 is 14.2 Å². The van der Waals surface area contributed by atoms with Crippen LogP contribution in [0.4, 0.5) is 18.9 Å². The number of hydrogen-bond acceptors (Lipinski definition) is 5. The first-order chi connectivity index (χ1) is 15.5. The summed E-state index contributed by atoms with van der Waals surface area (Å²) >= 11 is 0. The number of nitrogens with zero attached hydrogens (tertiary/aromatic N) is 5. The maximum absolute atomic E-state index is 13.0. The molecule has 0 aliphatic carbocycles. The van der Waals surface area contributed by atoms with Crippen molar-refractivity contribution in [2.24, 2.45) is 0 Å². The lowest BCUT2D eigenvalue weighted by molar-refractivity contribution is -0.137. The quantitative estimate of drug-likeness (QED) is 0.615. The van der Waals surface area contributed by atoms with Gasteiger partial charge >= 0.3 is 6.18 Å². The average Bonchev–Trinajstić information content (AvgIpc) is 3.11. The summed E-state index contributed by atoms with van der Waals surface area (Å²) in [6.45, 7) is 5.09. The first kappa shape index (κ1) is 20.8. The molecule has 32 heavy (non-hydrogen) atoms. The molecule has 2 aliphatic heterocycles. The lowest BCUT2D eigenvalue weighted by atomic mass is 10.1. The molecule has 3 aromatic rings. The van der Waals surface area contributed by atoms with Gasteiger partial charge in [-0.15, -0.1) is 10.2 Å². The number of rotatable bonds is 4. The molecule has 1 fully saturated rings. The van der Waals surface area contributed by atoms with Crippen molar-refractivity contribution < 1.29 is 17.9 Å². The van der Waals surface area contributed by atoms with Gasteiger partial charge in [0.2, 0.25) is 0 Å². The fourth-order valence-corrected chi connectivity index (χ4v) is 4.35. The van der Waals surface area contributed by atoms with Crippen LogP contribution in [0.5, 0.6) is 5.75 Å². The monoisotopic (exact) mass is 443 g/mol. The van der Waals surface area contributed by atoms with Crippen LogP contribution in [-0.2, 0) is 19.1 Å². The molecule has 1 saturated heterocycles. The van der Waals surface area contributed by atoms with E-state index in [0.29, 0.717) is 31.9 Å². The van der Waals surface area contributed by atoms with Gasteiger partial charge in [-0.2, -0.15) is 13.2 Å². The van der Waals surface area contributed by atoms with E-state index in [-0.39, 0.29) is 0 Å². The SMILES string of the molecule is FC(F)(F)c1cccc(N2CCN(CCc3nnc4n3CCOc3ccccc3-4)CC2)c1. The van der Waals surface area contributed by atoms with Crippen molar-refractivity contribution in [2.45, 2.75) is 19.1 Å². The highest BCUT2D eigenvalue weighted by atomic mass is 19.4. The van der Waals surface area contributed by atoms with E-state index in [1.807, 2.05) is 29.2 Å². The molecule has 5 rings (SSSR count). The van der Waals surface area contributed by atoms with Crippen LogP contribution >= 0.6 is 0 Å². The summed E-state index contributed by atoms with van der Waals surface area (Å²) in [6.07, 6.45) is -3.56. The number of alkyl halides is 3. The minimum absolute atomic E-state index is 0.574. The van der Waals surface area contributed by atoms with E-state index in [1.54, 1.807) is 6.07 Å². The zero-order valence-corrected chi connectivity index (χ0v) is 17.6. The minimum atomic E-state index is -4.32. The Hall–Kier alpha value is -3.07. The molecule has 1 aromatic heterocycles. The van der Waals surface area contributed by atoms with Crippen molar-refractivity contribution in [1.82, 2.24) is 19.7 Å². The smallest absolute Gasteiger partial charge is 0.416 e. The van der Waals surface area contributed by atoms with Crippen LogP contribution in [0.15, 0.2) is 48.5 Å². The molecule has 0 N–H and O–H groups in total. The zero-order chi connectivity index (χ0) is 22.1. The first-order valence-electron chi connectivity index (χ1n) is 10.8. The summed E-state index contributed by atoms with van der Waals surface area (Å²) in [5.74, 6) is 2.60. The van der Waals surface area contributed by atoms with Crippen LogP contribution in [0.25, 0.3) is 11.4 Å². The highest BCUT2D eigenvalue weighted by Crippen LogP contribution is 2.32. The topological polar surface area (TPSA) is 46.4 Å². The molecule has 0 bridgehead atoms. The lowest BCUT2D eigenvalue weighted by Gasteiger charge is -2.36. The Kier molecular flexibility index (Phi) is 5.50. The van der Waals surface area contributed by atoms with Gasteiger partial charge in [0.25, 0.3) is 0 Å². The van der Waals surface area contributed by atoms with E-state index in [9.17, 15) is 13.2 Å². The molecule has 6 nitrogen and oxygen atoms in total. The molecule has 0 spiro atoms. The van der Waals surface area contributed by atoms with E-state index in [0.717, 1.165) is 55.1 Å². The van der Waals surface area contributed by atoms with Crippen molar-refractivity contribution in [2.75, 3.05) is 44.2 Å². The zero-order valence-electron chi connectivity index (χ0n) is 17.6. The predicted molar refractivity (Wildman–Crippen MR) is 115 cm³/mol. The van der Waals surface area contributed by atoms with Crippen LogP contribution < -0.4 is 9.64 Å². The second kappa shape index (κ2) is 8.46. The summed E-state index contributed by atoms with van der Waals surface area (Å²) < 4.78 is 47.0. The molecule has 9 heteroatoms. The Labute approximate surface area is 184 Å². The Morgan fingerprint density at radius 3 is 2.53 bits per heavy atom. The summed E-state index contributed by atoms with van der Waals surface area (Å²) in [4.78, 5) is 4.34.